The summed E-state index contributed by atoms with van der Waals surface area (Å²) in [5.74, 6) is 0.459. The second-order valence-electron chi connectivity index (χ2n) is 8.42. The number of carbonyl (C=O) groups is 2. The fourth-order valence-corrected chi connectivity index (χ4v) is 5.31. The molecule has 0 unspecified atom stereocenters. The third kappa shape index (κ3) is 3.71. The number of rotatable bonds is 5. The van der Waals surface area contributed by atoms with E-state index in [1.807, 2.05) is 23.6 Å². The first-order valence-corrected chi connectivity index (χ1v) is 11.0. The van der Waals surface area contributed by atoms with Crippen LogP contribution in [0.3, 0.4) is 0 Å². The van der Waals surface area contributed by atoms with E-state index in [4.69, 9.17) is 0 Å². The lowest BCUT2D eigenvalue weighted by Gasteiger charge is -2.40. The largest absolute Gasteiger partial charge is 0.343 e. The van der Waals surface area contributed by atoms with Gasteiger partial charge in [0.05, 0.1) is 6.20 Å². The quantitative estimate of drug-likeness (QED) is 0.763. The maximum atomic E-state index is 12.8. The van der Waals surface area contributed by atoms with Crippen molar-refractivity contribution >= 4 is 11.8 Å². The van der Waals surface area contributed by atoms with Crippen molar-refractivity contribution in [3.8, 4) is 0 Å². The number of hydrogen-bond acceptors (Lipinski definition) is 4. The zero-order valence-corrected chi connectivity index (χ0v) is 17.9. The molecule has 1 aromatic heterocycles. The summed E-state index contributed by atoms with van der Waals surface area (Å²) in [5.41, 5.74) is 3.17. The molecule has 6 heteroatoms. The molecule has 1 aliphatic carbocycles. The predicted octanol–water partition coefficient (Wildman–Crippen LogP) is 3.40. The molecule has 1 fully saturated rings. The molecule has 1 spiro atoms. The Morgan fingerprint density at radius 1 is 1.13 bits per heavy atom. The van der Waals surface area contributed by atoms with E-state index < -0.39 is 0 Å². The van der Waals surface area contributed by atoms with E-state index in [-0.39, 0.29) is 23.1 Å². The molecule has 0 bridgehead atoms. The molecule has 1 saturated heterocycles. The fourth-order valence-electron chi connectivity index (χ4n) is 5.31. The second kappa shape index (κ2) is 8.54. The molecule has 0 radical (unpaired) electrons. The number of likely N-dealkylation sites (tertiary alicyclic amines) is 1. The second-order valence-corrected chi connectivity index (χ2v) is 8.42. The number of piperidine rings is 1. The molecule has 1 aromatic carbocycles. The molecular weight excluding hydrogens is 376 g/mol. The van der Waals surface area contributed by atoms with Gasteiger partial charge >= 0.3 is 0 Å². The lowest BCUT2D eigenvalue weighted by atomic mass is 9.73. The Labute approximate surface area is 178 Å². The van der Waals surface area contributed by atoms with E-state index in [0.717, 1.165) is 32.4 Å². The highest BCUT2D eigenvalue weighted by atomic mass is 16.2. The van der Waals surface area contributed by atoms with Crippen LogP contribution >= 0.6 is 0 Å². The van der Waals surface area contributed by atoms with Crippen LogP contribution in [0.5, 0.6) is 0 Å². The van der Waals surface area contributed by atoms with Gasteiger partial charge in [-0.15, -0.1) is 0 Å². The van der Waals surface area contributed by atoms with Gasteiger partial charge in [0.1, 0.15) is 5.69 Å². The summed E-state index contributed by atoms with van der Waals surface area (Å²) in [6.07, 6.45) is 8.08. The van der Waals surface area contributed by atoms with Gasteiger partial charge in [0.25, 0.3) is 5.91 Å². The minimum absolute atomic E-state index is 0.0440. The molecule has 158 valence electrons. The first-order chi connectivity index (χ1) is 14.6. The Hall–Kier alpha value is -2.76. The van der Waals surface area contributed by atoms with Gasteiger partial charge in [-0.25, -0.2) is 4.98 Å². The number of fused-ring (bicyclic) bond motifs is 2. The molecule has 1 aliphatic heterocycles. The minimum Gasteiger partial charge on any atom is -0.343 e. The van der Waals surface area contributed by atoms with Crippen LogP contribution in [-0.4, -0.2) is 57.8 Å². The number of amides is 2. The van der Waals surface area contributed by atoms with Gasteiger partial charge in [-0.1, -0.05) is 24.3 Å². The molecular formula is C24H30N4O2. The van der Waals surface area contributed by atoms with Crippen molar-refractivity contribution in [1.82, 2.24) is 19.8 Å². The third-order valence-electron chi connectivity index (χ3n) is 6.94. The van der Waals surface area contributed by atoms with E-state index in [1.165, 1.54) is 17.3 Å². The van der Waals surface area contributed by atoms with Gasteiger partial charge in [0.2, 0.25) is 5.91 Å². The topological polar surface area (TPSA) is 66.4 Å². The van der Waals surface area contributed by atoms with Crippen molar-refractivity contribution in [3.63, 3.8) is 0 Å². The van der Waals surface area contributed by atoms with Crippen molar-refractivity contribution in [3.05, 3.63) is 59.7 Å². The Morgan fingerprint density at radius 3 is 2.53 bits per heavy atom. The van der Waals surface area contributed by atoms with E-state index in [0.29, 0.717) is 25.2 Å². The van der Waals surface area contributed by atoms with Crippen molar-refractivity contribution in [1.29, 1.82) is 0 Å². The smallest absolute Gasteiger partial charge is 0.274 e. The standard InChI is InChI=1S/C24H30N4O2/c1-3-27(4-2)22(29)15-18-16-24(20-8-6-5-7-19(18)20)9-13-28(14-10-24)23(30)21-17-25-11-12-26-21/h5-8,11-12,17-18H,3-4,9-10,13-16H2,1-2H3/t18-/m0/s1. The average Bonchev–Trinajstić information content (AvgIpc) is 3.08. The molecule has 0 saturated carbocycles. The molecule has 0 N–H and O–H groups in total. The maximum absolute atomic E-state index is 12.8. The van der Waals surface area contributed by atoms with Crippen molar-refractivity contribution < 1.29 is 9.59 Å². The van der Waals surface area contributed by atoms with Gasteiger partial charge in [0, 0.05) is 45.0 Å². The molecule has 2 aliphatic rings. The molecule has 2 amide bonds. The Balaban J connectivity index is 1.50. The zero-order chi connectivity index (χ0) is 21.1. The summed E-state index contributed by atoms with van der Waals surface area (Å²) in [7, 11) is 0. The monoisotopic (exact) mass is 406 g/mol. The summed E-state index contributed by atoms with van der Waals surface area (Å²) in [5, 5.41) is 0. The first kappa shape index (κ1) is 20.5. The van der Waals surface area contributed by atoms with Crippen LogP contribution < -0.4 is 0 Å². The Morgan fingerprint density at radius 2 is 1.87 bits per heavy atom. The highest BCUT2D eigenvalue weighted by Crippen LogP contribution is 2.52. The van der Waals surface area contributed by atoms with Crippen LogP contribution in [-0.2, 0) is 10.2 Å². The van der Waals surface area contributed by atoms with Gasteiger partial charge in [-0.2, -0.15) is 0 Å². The normalized spacial score (nSPS) is 19.5. The lowest BCUT2D eigenvalue weighted by Crippen LogP contribution is -2.44. The van der Waals surface area contributed by atoms with Gasteiger partial charge in [0.15, 0.2) is 0 Å². The summed E-state index contributed by atoms with van der Waals surface area (Å²) < 4.78 is 0. The van der Waals surface area contributed by atoms with Gasteiger partial charge < -0.3 is 9.80 Å². The van der Waals surface area contributed by atoms with Crippen molar-refractivity contribution in [2.75, 3.05) is 26.2 Å². The summed E-state index contributed by atoms with van der Waals surface area (Å²) >= 11 is 0. The third-order valence-corrected chi connectivity index (χ3v) is 6.94. The highest BCUT2D eigenvalue weighted by molar-refractivity contribution is 5.92. The van der Waals surface area contributed by atoms with E-state index in [2.05, 4.69) is 34.2 Å². The van der Waals surface area contributed by atoms with E-state index >= 15 is 0 Å². The molecule has 30 heavy (non-hydrogen) atoms. The summed E-state index contributed by atoms with van der Waals surface area (Å²) in [4.78, 5) is 37.6. The molecule has 1 atom stereocenters. The summed E-state index contributed by atoms with van der Waals surface area (Å²) in [6, 6.07) is 8.62. The van der Waals surface area contributed by atoms with Crippen LogP contribution in [0.25, 0.3) is 0 Å². The number of aromatic nitrogens is 2. The lowest BCUT2D eigenvalue weighted by molar-refractivity contribution is -0.131. The molecule has 4 rings (SSSR count). The highest BCUT2D eigenvalue weighted by Gasteiger charge is 2.46. The molecule has 2 aromatic rings. The minimum atomic E-state index is -0.0440. The van der Waals surface area contributed by atoms with Gasteiger partial charge in [-0.3, -0.25) is 14.6 Å². The number of benzene rings is 1. The van der Waals surface area contributed by atoms with E-state index in [9.17, 15) is 9.59 Å². The van der Waals surface area contributed by atoms with Crippen LogP contribution in [0, 0.1) is 0 Å². The SMILES string of the molecule is CCN(CC)C(=O)C[C@H]1CC2(CCN(C(=O)c3cnccn3)CC2)c2ccccc21. The Kier molecular flexibility index (Phi) is 5.84. The van der Waals surface area contributed by atoms with Crippen LogP contribution in [0.2, 0.25) is 0 Å². The first-order valence-electron chi connectivity index (χ1n) is 11.0. The van der Waals surface area contributed by atoms with Crippen molar-refractivity contribution in [2.24, 2.45) is 0 Å². The Bertz CT molecular complexity index is 902. The number of nitrogens with zero attached hydrogens (tertiary/aromatic N) is 4. The molecule has 2 heterocycles. The average molecular weight is 407 g/mol. The summed E-state index contributed by atoms with van der Waals surface area (Å²) in [6.45, 7) is 7.01. The maximum Gasteiger partial charge on any atom is 0.274 e. The predicted molar refractivity (Wildman–Crippen MR) is 115 cm³/mol. The fraction of sp³-hybridized carbons (Fsp3) is 0.500. The zero-order valence-electron chi connectivity index (χ0n) is 17.9. The molecule has 6 nitrogen and oxygen atoms in total. The number of hydrogen-bond donors (Lipinski definition) is 0. The van der Waals surface area contributed by atoms with E-state index in [1.54, 1.807) is 12.4 Å². The van der Waals surface area contributed by atoms with Crippen LogP contribution in [0.1, 0.15) is 67.1 Å². The van der Waals surface area contributed by atoms with Gasteiger partial charge in [-0.05, 0) is 55.6 Å². The van der Waals surface area contributed by atoms with Crippen LogP contribution in [0.15, 0.2) is 42.9 Å². The van der Waals surface area contributed by atoms with Crippen LogP contribution in [0.4, 0.5) is 0 Å². The number of carbonyl (C=O) groups excluding carboxylic acids is 2. The van der Waals surface area contributed by atoms with Crippen molar-refractivity contribution in [2.45, 2.75) is 50.9 Å².